The number of benzene rings is 2. The van der Waals surface area contributed by atoms with Crippen LogP contribution in [-0.2, 0) is 14.8 Å². The third kappa shape index (κ3) is 5.90. The maximum absolute atomic E-state index is 13.1. The van der Waals surface area contributed by atoms with E-state index in [2.05, 4.69) is 22.0 Å². The van der Waals surface area contributed by atoms with Crippen molar-refractivity contribution >= 4 is 27.3 Å². The van der Waals surface area contributed by atoms with Crippen molar-refractivity contribution in [3.63, 3.8) is 0 Å². The summed E-state index contributed by atoms with van der Waals surface area (Å²) in [5.74, 6) is 0.173. The molecule has 7 nitrogen and oxygen atoms in total. The van der Waals surface area contributed by atoms with Gasteiger partial charge in [-0.15, -0.1) is 0 Å². The second kappa shape index (κ2) is 10.2. The Labute approximate surface area is 195 Å². The van der Waals surface area contributed by atoms with Crippen LogP contribution >= 0.6 is 0 Å². The quantitative estimate of drug-likeness (QED) is 0.697. The maximum Gasteiger partial charge on any atom is 0.243 e. The number of carbonyl (C=O) groups is 1. The molecule has 0 spiro atoms. The monoisotopic (exact) mass is 474 g/mol. The predicted octanol–water partition coefficient (Wildman–Crippen LogP) is 3.01. The molecule has 2 saturated heterocycles. The van der Waals surface area contributed by atoms with Gasteiger partial charge in [-0.1, -0.05) is 6.92 Å². The molecule has 0 aliphatic carbocycles. The van der Waals surface area contributed by atoms with E-state index in [0.717, 1.165) is 44.7 Å². The number of anilines is 2. The highest BCUT2D eigenvalue weighted by Gasteiger charge is 2.28. The van der Waals surface area contributed by atoms with Gasteiger partial charge in [0.05, 0.1) is 11.4 Å². The molecule has 0 unspecified atom stereocenters. The molecule has 0 saturated carbocycles. The van der Waals surface area contributed by atoms with Crippen molar-refractivity contribution in [2.24, 2.45) is 5.92 Å². The topological polar surface area (TPSA) is 73.0 Å². The summed E-state index contributed by atoms with van der Waals surface area (Å²) in [6.45, 7) is 6.51. The summed E-state index contributed by atoms with van der Waals surface area (Å²) in [5, 5.41) is 2.86. The zero-order valence-corrected chi connectivity index (χ0v) is 19.7. The van der Waals surface area contributed by atoms with Crippen molar-refractivity contribution in [2.45, 2.75) is 24.7 Å². The van der Waals surface area contributed by atoms with E-state index in [4.69, 9.17) is 0 Å². The fourth-order valence-electron chi connectivity index (χ4n) is 4.30. The van der Waals surface area contributed by atoms with Crippen LogP contribution in [0.3, 0.4) is 0 Å². The van der Waals surface area contributed by atoms with Gasteiger partial charge >= 0.3 is 0 Å². The van der Waals surface area contributed by atoms with Crippen LogP contribution in [0, 0.1) is 11.7 Å². The van der Waals surface area contributed by atoms with Gasteiger partial charge in [-0.2, -0.15) is 4.31 Å². The molecule has 1 amide bonds. The summed E-state index contributed by atoms with van der Waals surface area (Å²) >= 11 is 0. The number of hydrogen-bond donors (Lipinski definition) is 1. The van der Waals surface area contributed by atoms with E-state index in [1.54, 1.807) is 40.7 Å². The van der Waals surface area contributed by atoms with Crippen LogP contribution in [-0.4, -0.2) is 69.3 Å². The molecule has 4 rings (SSSR count). The SMILES string of the molecule is CC1CCN(S(=O)(=O)c2ccc(NC(=O)CN3CCN(c4ccc(F)cc4)CC3)cc2)CC1. The molecule has 2 aliphatic heterocycles. The Kier molecular flexibility index (Phi) is 7.31. The summed E-state index contributed by atoms with van der Waals surface area (Å²) in [5.41, 5.74) is 1.56. The smallest absolute Gasteiger partial charge is 0.243 e. The number of sulfonamides is 1. The number of amides is 1. The molecular formula is C24H31FN4O3S. The van der Waals surface area contributed by atoms with Gasteiger partial charge in [-0.25, -0.2) is 12.8 Å². The summed E-state index contributed by atoms with van der Waals surface area (Å²) in [6.07, 6.45) is 1.76. The largest absolute Gasteiger partial charge is 0.369 e. The molecular weight excluding hydrogens is 443 g/mol. The highest BCUT2D eigenvalue weighted by atomic mass is 32.2. The van der Waals surface area contributed by atoms with Crippen LogP contribution in [0.15, 0.2) is 53.4 Å². The molecule has 2 aliphatic rings. The van der Waals surface area contributed by atoms with E-state index >= 15 is 0 Å². The second-order valence-corrected chi connectivity index (χ2v) is 10.8. The van der Waals surface area contributed by atoms with Crippen molar-refractivity contribution in [1.29, 1.82) is 0 Å². The molecule has 33 heavy (non-hydrogen) atoms. The Morgan fingerprint density at radius 3 is 2.15 bits per heavy atom. The van der Waals surface area contributed by atoms with Crippen LogP contribution in [0.4, 0.5) is 15.8 Å². The minimum atomic E-state index is -3.50. The minimum Gasteiger partial charge on any atom is -0.369 e. The van der Waals surface area contributed by atoms with Crippen LogP contribution in [0.5, 0.6) is 0 Å². The molecule has 2 aromatic rings. The lowest BCUT2D eigenvalue weighted by atomic mass is 10.0. The highest BCUT2D eigenvalue weighted by Crippen LogP contribution is 2.24. The van der Waals surface area contributed by atoms with Gasteiger partial charge in [0.15, 0.2) is 0 Å². The van der Waals surface area contributed by atoms with Crippen LogP contribution < -0.4 is 10.2 Å². The Balaban J connectivity index is 1.26. The number of nitrogens with one attached hydrogen (secondary N) is 1. The molecule has 0 atom stereocenters. The fraction of sp³-hybridized carbons (Fsp3) is 0.458. The lowest BCUT2D eigenvalue weighted by molar-refractivity contribution is -0.117. The third-order valence-corrected chi connectivity index (χ3v) is 8.36. The van der Waals surface area contributed by atoms with Gasteiger partial charge in [0.2, 0.25) is 15.9 Å². The summed E-state index contributed by atoms with van der Waals surface area (Å²) in [4.78, 5) is 17.0. The molecule has 0 bridgehead atoms. The highest BCUT2D eigenvalue weighted by molar-refractivity contribution is 7.89. The number of rotatable bonds is 6. The van der Waals surface area contributed by atoms with Gasteiger partial charge in [0, 0.05) is 50.6 Å². The van der Waals surface area contributed by atoms with Gasteiger partial charge in [-0.05, 0) is 67.3 Å². The Hall–Kier alpha value is -2.49. The van der Waals surface area contributed by atoms with Gasteiger partial charge in [0.1, 0.15) is 5.82 Å². The molecule has 178 valence electrons. The lowest BCUT2D eigenvalue weighted by Crippen LogP contribution is -2.48. The van der Waals surface area contributed by atoms with Crippen molar-refractivity contribution in [3.8, 4) is 0 Å². The molecule has 0 radical (unpaired) electrons. The van der Waals surface area contributed by atoms with Gasteiger partial charge < -0.3 is 10.2 Å². The average Bonchev–Trinajstić information content (AvgIpc) is 2.81. The number of carbonyl (C=O) groups excluding carboxylic acids is 1. The molecule has 1 N–H and O–H groups in total. The van der Waals surface area contributed by atoms with Crippen LogP contribution in [0.1, 0.15) is 19.8 Å². The van der Waals surface area contributed by atoms with Crippen molar-refractivity contribution in [1.82, 2.24) is 9.21 Å². The van der Waals surface area contributed by atoms with E-state index < -0.39 is 10.0 Å². The summed E-state index contributed by atoms with van der Waals surface area (Å²) < 4.78 is 40.4. The lowest BCUT2D eigenvalue weighted by Gasteiger charge is -2.35. The maximum atomic E-state index is 13.1. The summed E-state index contributed by atoms with van der Waals surface area (Å²) in [7, 11) is -3.50. The molecule has 0 aromatic heterocycles. The first-order valence-electron chi connectivity index (χ1n) is 11.4. The number of halogens is 1. The predicted molar refractivity (Wildman–Crippen MR) is 127 cm³/mol. The third-order valence-electron chi connectivity index (χ3n) is 6.45. The first-order chi connectivity index (χ1) is 15.8. The van der Waals surface area contributed by atoms with Gasteiger partial charge in [-0.3, -0.25) is 9.69 Å². The van der Waals surface area contributed by atoms with Crippen LogP contribution in [0.25, 0.3) is 0 Å². The van der Waals surface area contributed by atoms with Crippen molar-refractivity contribution < 1.29 is 17.6 Å². The van der Waals surface area contributed by atoms with E-state index in [1.165, 1.54) is 12.1 Å². The normalized spacial score (nSPS) is 18.9. The number of piperidine rings is 1. The van der Waals surface area contributed by atoms with Crippen molar-refractivity contribution in [2.75, 3.05) is 56.0 Å². The van der Waals surface area contributed by atoms with E-state index in [9.17, 15) is 17.6 Å². The van der Waals surface area contributed by atoms with Gasteiger partial charge in [0.25, 0.3) is 0 Å². The second-order valence-electron chi connectivity index (χ2n) is 8.90. The Morgan fingerprint density at radius 2 is 1.55 bits per heavy atom. The number of nitrogens with zero attached hydrogens (tertiary/aromatic N) is 3. The Bertz CT molecular complexity index is 1040. The molecule has 2 fully saturated rings. The average molecular weight is 475 g/mol. The van der Waals surface area contributed by atoms with E-state index in [-0.39, 0.29) is 23.2 Å². The fourth-order valence-corrected chi connectivity index (χ4v) is 5.77. The number of hydrogen-bond acceptors (Lipinski definition) is 5. The minimum absolute atomic E-state index is 0.133. The van der Waals surface area contributed by atoms with E-state index in [0.29, 0.717) is 24.7 Å². The zero-order valence-electron chi connectivity index (χ0n) is 18.9. The molecule has 2 heterocycles. The first-order valence-corrected chi connectivity index (χ1v) is 12.9. The zero-order chi connectivity index (χ0) is 23.4. The van der Waals surface area contributed by atoms with Crippen LogP contribution in [0.2, 0.25) is 0 Å². The van der Waals surface area contributed by atoms with E-state index in [1.807, 2.05) is 0 Å². The number of piperazine rings is 1. The standard InChI is InChI=1S/C24H31FN4O3S/c1-19-10-12-29(13-11-19)33(31,32)23-8-4-21(5-9-23)26-24(30)18-27-14-16-28(17-15-27)22-6-2-20(25)3-7-22/h2-9,19H,10-18H2,1H3,(H,26,30). The molecule has 9 heteroatoms. The van der Waals surface area contributed by atoms with Crippen molar-refractivity contribution in [3.05, 3.63) is 54.3 Å². The first kappa shape index (κ1) is 23.7. The molecule has 2 aromatic carbocycles. The Morgan fingerprint density at radius 1 is 0.939 bits per heavy atom. The summed E-state index contributed by atoms with van der Waals surface area (Å²) in [6, 6.07) is 12.9.